The molecule has 0 bridgehead atoms. The normalized spacial score (nSPS) is 11.6. The van der Waals surface area contributed by atoms with E-state index in [1.165, 1.54) is 0 Å². The van der Waals surface area contributed by atoms with Gasteiger partial charge in [0.25, 0.3) is 0 Å². The minimum atomic E-state index is -3.71. The van der Waals surface area contributed by atoms with Gasteiger partial charge >= 0.3 is 11.4 Å². The van der Waals surface area contributed by atoms with Crippen molar-refractivity contribution in [2.75, 3.05) is 0 Å². The van der Waals surface area contributed by atoms with Crippen molar-refractivity contribution in [2.24, 2.45) is 0 Å². The molecule has 0 radical (unpaired) electrons. The van der Waals surface area contributed by atoms with E-state index in [0.29, 0.717) is 6.20 Å². The number of aromatic carboxylic acids is 1. The Labute approximate surface area is 70.1 Å². The summed E-state index contributed by atoms with van der Waals surface area (Å²) in [4.78, 5) is 10.3. The maximum Gasteiger partial charge on any atom is 0.354 e. The van der Waals surface area contributed by atoms with Crippen molar-refractivity contribution in [2.45, 2.75) is 5.38 Å². The van der Waals surface area contributed by atoms with Gasteiger partial charge < -0.3 is 5.11 Å². The Morgan fingerprint density at radius 2 is 2.33 bits per heavy atom. The van der Waals surface area contributed by atoms with E-state index in [-0.39, 0.29) is 0 Å². The second-order valence-corrected chi connectivity index (χ2v) is 2.44. The third kappa shape index (κ3) is 1.53. The monoisotopic (exact) mass is 196 g/mol. The first-order chi connectivity index (χ1) is 5.43. The molecule has 0 unspecified atom stereocenters. The van der Waals surface area contributed by atoms with Crippen LogP contribution in [0, 0.1) is 0 Å². The lowest BCUT2D eigenvalue weighted by Crippen LogP contribution is -2.09. The van der Waals surface area contributed by atoms with Crippen LogP contribution in [0.2, 0.25) is 0 Å². The highest BCUT2D eigenvalue weighted by atomic mass is 35.5. The van der Waals surface area contributed by atoms with Gasteiger partial charge in [0.05, 0.1) is 11.8 Å². The van der Waals surface area contributed by atoms with Crippen LogP contribution >= 0.6 is 11.6 Å². The van der Waals surface area contributed by atoms with Gasteiger partial charge in [-0.2, -0.15) is 13.9 Å². The smallest absolute Gasteiger partial charge is 0.354 e. The van der Waals surface area contributed by atoms with Crippen molar-refractivity contribution in [3.63, 3.8) is 0 Å². The number of H-pyrrole nitrogens is 1. The zero-order valence-electron chi connectivity index (χ0n) is 5.51. The number of carboxylic acids is 1. The molecule has 0 aliphatic carbocycles. The number of aromatic nitrogens is 2. The lowest BCUT2D eigenvalue weighted by Gasteiger charge is -2.04. The molecular formula is C5H3ClF2N2O2. The van der Waals surface area contributed by atoms with Gasteiger partial charge in [0, 0.05) is 0 Å². The van der Waals surface area contributed by atoms with Gasteiger partial charge in [0.1, 0.15) is 0 Å². The lowest BCUT2D eigenvalue weighted by atomic mass is 10.2. The minimum absolute atomic E-state index is 0.677. The van der Waals surface area contributed by atoms with E-state index in [1.54, 1.807) is 0 Å². The first-order valence-electron chi connectivity index (χ1n) is 2.77. The van der Waals surface area contributed by atoms with Crippen LogP contribution in [0.4, 0.5) is 8.78 Å². The summed E-state index contributed by atoms with van der Waals surface area (Å²) in [5.74, 6) is -1.53. The zero-order valence-corrected chi connectivity index (χ0v) is 6.27. The molecule has 1 aromatic heterocycles. The highest BCUT2D eigenvalue weighted by Gasteiger charge is 2.34. The van der Waals surface area contributed by atoms with Crippen LogP contribution in [0.15, 0.2) is 6.20 Å². The Kier molecular flexibility index (Phi) is 2.01. The van der Waals surface area contributed by atoms with Gasteiger partial charge in [-0.3, -0.25) is 5.10 Å². The van der Waals surface area contributed by atoms with Crippen LogP contribution in [0.25, 0.3) is 0 Å². The quantitative estimate of drug-likeness (QED) is 0.703. The molecule has 0 saturated heterocycles. The summed E-state index contributed by atoms with van der Waals surface area (Å²) in [6.07, 6.45) is 0.677. The Bertz CT molecular complexity index is 307. The molecule has 0 fully saturated rings. The summed E-state index contributed by atoms with van der Waals surface area (Å²) < 4.78 is 24.7. The van der Waals surface area contributed by atoms with E-state index in [1.807, 2.05) is 5.10 Å². The highest BCUT2D eigenvalue weighted by Crippen LogP contribution is 2.33. The summed E-state index contributed by atoms with van der Waals surface area (Å²) in [7, 11) is 0. The lowest BCUT2D eigenvalue weighted by molar-refractivity contribution is 0.0654. The van der Waals surface area contributed by atoms with Crippen molar-refractivity contribution >= 4 is 17.6 Å². The number of nitrogens with one attached hydrogen (secondary N) is 1. The molecule has 12 heavy (non-hydrogen) atoms. The SMILES string of the molecule is O=C(O)c1[nH]ncc1C(F)(F)Cl. The molecule has 0 aliphatic rings. The number of hydrogen-bond acceptors (Lipinski definition) is 2. The van der Waals surface area contributed by atoms with Crippen molar-refractivity contribution in [1.82, 2.24) is 10.2 Å². The molecule has 7 heteroatoms. The van der Waals surface area contributed by atoms with E-state index in [4.69, 9.17) is 5.11 Å². The van der Waals surface area contributed by atoms with Crippen LogP contribution in [0.3, 0.4) is 0 Å². The van der Waals surface area contributed by atoms with Crippen molar-refractivity contribution in [3.05, 3.63) is 17.5 Å². The molecule has 0 aromatic carbocycles. The molecule has 1 rings (SSSR count). The number of nitrogens with zero attached hydrogens (tertiary/aromatic N) is 1. The van der Waals surface area contributed by atoms with Crippen LogP contribution in [-0.2, 0) is 5.38 Å². The van der Waals surface area contributed by atoms with Crippen LogP contribution < -0.4 is 0 Å². The molecule has 66 valence electrons. The van der Waals surface area contributed by atoms with E-state index in [0.717, 1.165) is 0 Å². The highest BCUT2D eigenvalue weighted by molar-refractivity contribution is 6.22. The largest absolute Gasteiger partial charge is 0.477 e. The summed E-state index contributed by atoms with van der Waals surface area (Å²) in [6.45, 7) is 0. The van der Waals surface area contributed by atoms with Crippen LogP contribution in [0.5, 0.6) is 0 Å². The van der Waals surface area contributed by atoms with E-state index in [2.05, 4.69) is 16.7 Å². The summed E-state index contributed by atoms with van der Waals surface area (Å²) >= 11 is 4.59. The van der Waals surface area contributed by atoms with Crippen molar-refractivity contribution < 1.29 is 18.7 Å². The number of hydrogen-bond donors (Lipinski definition) is 2. The molecule has 0 atom stereocenters. The second-order valence-electron chi connectivity index (χ2n) is 1.96. The number of halogens is 3. The molecule has 0 spiro atoms. The molecule has 4 nitrogen and oxygen atoms in total. The van der Waals surface area contributed by atoms with Crippen molar-refractivity contribution in [1.29, 1.82) is 0 Å². The maximum absolute atomic E-state index is 12.4. The number of carbonyl (C=O) groups is 1. The predicted molar refractivity (Wildman–Crippen MR) is 35.3 cm³/mol. The third-order valence-electron chi connectivity index (χ3n) is 1.16. The van der Waals surface area contributed by atoms with Gasteiger partial charge in [-0.05, 0) is 11.6 Å². The van der Waals surface area contributed by atoms with E-state index >= 15 is 0 Å². The fraction of sp³-hybridized carbons (Fsp3) is 0.200. The van der Waals surface area contributed by atoms with Gasteiger partial charge in [-0.1, -0.05) is 0 Å². The summed E-state index contributed by atoms with van der Waals surface area (Å²) in [6, 6.07) is 0. The number of aromatic amines is 1. The average molecular weight is 197 g/mol. The summed E-state index contributed by atoms with van der Waals surface area (Å²) in [5.41, 5.74) is -1.54. The number of carboxylic acid groups (broad SMARTS) is 1. The molecule has 1 aromatic rings. The topological polar surface area (TPSA) is 66.0 Å². The van der Waals surface area contributed by atoms with Gasteiger partial charge in [0.2, 0.25) is 0 Å². The van der Waals surface area contributed by atoms with E-state index < -0.39 is 22.6 Å². The predicted octanol–water partition coefficient (Wildman–Crippen LogP) is 1.40. The van der Waals surface area contributed by atoms with Gasteiger partial charge in [0.15, 0.2) is 5.69 Å². The Morgan fingerprint density at radius 1 is 1.75 bits per heavy atom. The molecule has 0 aliphatic heterocycles. The molecular weight excluding hydrogens is 194 g/mol. The number of rotatable bonds is 2. The molecule has 0 saturated carbocycles. The summed E-state index contributed by atoms with van der Waals surface area (Å²) in [5, 5.41) is 9.68. The van der Waals surface area contributed by atoms with Crippen LogP contribution in [0.1, 0.15) is 16.1 Å². The standard InChI is InChI=1S/C5H3ClF2N2O2/c6-5(7,8)2-1-9-10-3(2)4(11)12/h1H,(H,9,10)(H,11,12). The van der Waals surface area contributed by atoms with Crippen molar-refractivity contribution in [3.8, 4) is 0 Å². The Morgan fingerprint density at radius 3 is 2.67 bits per heavy atom. The average Bonchev–Trinajstić information content (AvgIpc) is 2.30. The minimum Gasteiger partial charge on any atom is -0.477 e. The van der Waals surface area contributed by atoms with Gasteiger partial charge in [-0.25, -0.2) is 4.79 Å². The first kappa shape index (κ1) is 8.92. The molecule has 1 heterocycles. The maximum atomic E-state index is 12.4. The zero-order chi connectivity index (χ0) is 9.35. The molecule has 2 N–H and O–H groups in total. The molecule has 0 amide bonds. The Hall–Kier alpha value is -1.17. The first-order valence-corrected chi connectivity index (χ1v) is 3.14. The third-order valence-corrected chi connectivity index (χ3v) is 1.36. The van der Waals surface area contributed by atoms with E-state index in [9.17, 15) is 13.6 Å². The Balaban J connectivity index is 3.17. The number of alkyl halides is 3. The fourth-order valence-electron chi connectivity index (χ4n) is 0.664. The van der Waals surface area contributed by atoms with Crippen LogP contribution in [-0.4, -0.2) is 21.3 Å². The fourth-order valence-corrected chi connectivity index (χ4v) is 0.807. The van der Waals surface area contributed by atoms with Gasteiger partial charge in [-0.15, -0.1) is 0 Å². The second kappa shape index (κ2) is 2.71.